The average molecular weight is 459 g/mol. The monoisotopic (exact) mass is 458 g/mol. The van der Waals surface area contributed by atoms with Crippen LogP contribution in [0.4, 0.5) is 4.39 Å². The number of fused-ring (bicyclic) bond motifs is 1. The first kappa shape index (κ1) is 23.4. The summed E-state index contributed by atoms with van der Waals surface area (Å²) >= 11 is 0. The summed E-state index contributed by atoms with van der Waals surface area (Å²) in [4.78, 5) is 4.58. The molecule has 2 aromatic heterocycles. The first-order valence-electron chi connectivity index (χ1n) is 9.69. The van der Waals surface area contributed by atoms with Crippen LogP contribution in [-0.2, 0) is 23.6 Å². The highest BCUT2D eigenvalue weighted by Gasteiger charge is 2.16. The van der Waals surface area contributed by atoms with Crippen molar-refractivity contribution < 1.29 is 26.7 Å². The number of rotatable bonds is 5. The van der Waals surface area contributed by atoms with Crippen molar-refractivity contribution in [2.75, 3.05) is 0 Å². The predicted molar refractivity (Wildman–Crippen MR) is 120 cm³/mol. The largest absolute Gasteiger partial charge is 0.487 e. The van der Waals surface area contributed by atoms with Gasteiger partial charge in [-0.2, -0.15) is 8.42 Å². The van der Waals surface area contributed by atoms with Gasteiger partial charge >= 0.3 is 10.4 Å². The van der Waals surface area contributed by atoms with E-state index in [0.29, 0.717) is 6.61 Å². The zero-order chi connectivity index (χ0) is 23.3. The molecule has 0 bridgehead atoms. The Kier molecular flexibility index (Phi) is 7.24. The highest BCUT2D eigenvalue weighted by atomic mass is 32.3. The Balaban J connectivity index is 0.000000523. The van der Waals surface area contributed by atoms with Crippen LogP contribution in [0.25, 0.3) is 11.0 Å². The van der Waals surface area contributed by atoms with Gasteiger partial charge in [-0.15, -0.1) is 0 Å². The van der Waals surface area contributed by atoms with Gasteiger partial charge in [-0.3, -0.25) is 14.1 Å². The van der Waals surface area contributed by atoms with Crippen LogP contribution in [0.3, 0.4) is 0 Å². The van der Waals surface area contributed by atoms with E-state index < -0.39 is 10.4 Å². The molecule has 9 heteroatoms. The number of pyridine rings is 1. The van der Waals surface area contributed by atoms with E-state index in [-0.39, 0.29) is 5.82 Å². The van der Waals surface area contributed by atoms with Gasteiger partial charge in [0.1, 0.15) is 23.7 Å². The maximum absolute atomic E-state index is 13.1. The van der Waals surface area contributed by atoms with E-state index in [9.17, 15) is 4.39 Å². The number of aryl methyl sites for hydroxylation is 1. The minimum atomic E-state index is -4.67. The number of benzene rings is 2. The van der Waals surface area contributed by atoms with Crippen molar-refractivity contribution >= 4 is 21.4 Å². The summed E-state index contributed by atoms with van der Waals surface area (Å²) in [6.45, 7) is 5.35. The molecule has 0 amide bonds. The first-order chi connectivity index (χ1) is 15.1. The quantitative estimate of drug-likeness (QED) is 0.418. The lowest BCUT2D eigenvalue weighted by Crippen LogP contribution is -2.04. The number of ether oxygens (including phenoxy) is 1. The van der Waals surface area contributed by atoms with E-state index >= 15 is 0 Å². The molecule has 2 heterocycles. The molecule has 0 unspecified atom stereocenters. The summed E-state index contributed by atoms with van der Waals surface area (Å²) < 4.78 is 53.1. The van der Waals surface area contributed by atoms with Gasteiger partial charge in [0, 0.05) is 24.5 Å². The fourth-order valence-corrected chi connectivity index (χ4v) is 3.33. The van der Waals surface area contributed by atoms with Crippen LogP contribution < -0.4 is 4.74 Å². The van der Waals surface area contributed by atoms with Gasteiger partial charge in [-0.05, 0) is 42.7 Å². The number of hydrogen-bond acceptors (Lipinski definition) is 4. The third-order valence-corrected chi connectivity index (χ3v) is 4.95. The number of nitrogens with zero attached hydrogens (tertiary/aromatic N) is 2. The molecule has 0 aliphatic heterocycles. The van der Waals surface area contributed by atoms with Crippen LogP contribution in [0.5, 0.6) is 5.75 Å². The van der Waals surface area contributed by atoms with Gasteiger partial charge in [-0.1, -0.05) is 42.5 Å². The summed E-state index contributed by atoms with van der Waals surface area (Å²) in [6, 6.07) is 18.6. The van der Waals surface area contributed by atoms with Crippen LogP contribution in [0.15, 0.2) is 66.9 Å². The molecule has 0 aliphatic carbocycles. The Bertz CT molecular complexity index is 1300. The van der Waals surface area contributed by atoms with Gasteiger partial charge in [0.2, 0.25) is 0 Å². The van der Waals surface area contributed by atoms with Crippen molar-refractivity contribution in [1.82, 2.24) is 9.55 Å². The van der Waals surface area contributed by atoms with E-state index in [1.807, 2.05) is 24.3 Å². The van der Waals surface area contributed by atoms with Crippen LogP contribution >= 0.6 is 0 Å². The molecule has 0 aliphatic rings. The maximum atomic E-state index is 13.1. The summed E-state index contributed by atoms with van der Waals surface area (Å²) in [6.07, 6.45) is 1.78. The fourth-order valence-electron chi connectivity index (χ4n) is 3.33. The topological polar surface area (TPSA) is 102 Å². The van der Waals surface area contributed by atoms with Crippen LogP contribution in [0.2, 0.25) is 0 Å². The lowest BCUT2D eigenvalue weighted by atomic mass is 10.2. The summed E-state index contributed by atoms with van der Waals surface area (Å²) in [5.74, 6) is 0.546. The Labute approximate surface area is 185 Å². The van der Waals surface area contributed by atoms with E-state index in [4.69, 9.17) is 22.3 Å². The molecule has 2 N–H and O–H groups in total. The van der Waals surface area contributed by atoms with Crippen molar-refractivity contribution in [3.05, 3.63) is 95.1 Å². The smallest absolute Gasteiger partial charge is 0.394 e. The van der Waals surface area contributed by atoms with E-state index in [0.717, 1.165) is 34.5 Å². The molecule has 0 radical (unpaired) electrons. The first-order valence-corrected chi connectivity index (χ1v) is 11.1. The molecule has 4 rings (SSSR count). The van der Waals surface area contributed by atoms with E-state index in [2.05, 4.69) is 35.5 Å². The molecular weight excluding hydrogens is 435 g/mol. The minimum absolute atomic E-state index is 0.243. The number of halogens is 1. The normalized spacial score (nSPS) is 11.2. The van der Waals surface area contributed by atoms with E-state index in [1.165, 1.54) is 23.4 Å². The van der Waals surface area contributed by atoms with Crippen LogP contribution in [0, 0.1) is 19.7 Å². The summed E-state index contributed by atoms with van der Waals surface area (Å²) in [5, 5.41) is 0. The zero-order valence-electron chi connectivity index (χ0n) is 17.6. The van der Waals surface area contributed by atoms with Crippen molar-refractivity contribution in [2.24, 2.45) is 0 Å². The predicted octanol–water partition coefficient (Wildman–Crippen LogP) is 4.77. The number of hydrogen-bond donors (Lipinski definition) is 2. The Morgan fingerprint density at radius 3 is 2.22 bits per heavy atom. The molecule has 4 aromatic rings. The molecule has 7 nitrogen and oxygen atoms in total. The Morgan fingerprint density at radius 1 is 0.969 bits per heavy atom. The average Bonchev–Trinajstić information content (AvgIpc) is 2.98. The maximum Gasteiger partial charge on any atom is 0.394 e. The van der Waals surface area contributed by atoms with Crippen molar-refractivity contribution in [1.29, 1.82) is 0 Å². The molecule has 32 heavy (non-hydrogen) atoms. The highest BCUT2D eigenvalue weighted by molar-refractivity contribution is 7.79. The van der Waals surface area contributed by atoms with Gasteiger partial charge in [0.15, 0.2) is 0 Å². The summed E-state index contributed by atoms with van der Waals surface area (Å²) in [7, 11) is -4.67. The Morgan fingerprint density at radius 2 is 1.59 bits per heavy atom. The molecule has 2 aromatic carbocycles. The van der Waals surface area contributed by atoms with Gasteiger partial charge in [0.05, 0.1) is 5.52 Å². The van der Waals surface area contributed by atoms with Gasteiger partial charge in [0.25, 0.3) is 0 Å². The molecule has 0 saturated carbocycles. The minimum Gasteiger partial charge on any atom is -0.487 e. The van der Waals surface area contributed by atoms with Crippen molar-refractivity contribution in [3.63, 3.8) is 0 Å². The second kappa shape index (κ2) is 9.90. The highest BCUT2D eigenvalue weighted by Crippen LogP contribution is 2.32. The molecular formula is C23H23FN2O5S. The zero-order valence-corrected chi connectivity index (χ0v) is 18.4. The molecule has 168 valence electrons. The van der Waals surface area contributed by atoms with Gasteiger partial charge in [-0.25, -0.2) is 4.39 Å². The SMILES string of the molecule is Cc1c(C)n(Cc2ccccc2)c2c(OCc3ccc(F)cc3)ccnc12.O=S(=O)(O)O. The molecule has 0 fully saturated rings. The molecule has 0 saturated heterocycles. The molecule has 0 atom stereocenters. The Hall–Kier alpha value is -3.27. The van der Waals surface area contributed by atoms with Crippen LogP contribution in [0.1, 0.15) is 22.4 Å². The second-order valence-electron chi connectivity index (χ2n) is 7.15. The summed E-state index contributed by atoms with van der Waals surface area (Å²) in [5.41, 5.74) is 6.45. The van der Waals surface area contributed by atoms with E-state index in [1.54, 1.807) is 18.3 Å². The molecule has 0 spiro atoms. The van der Waals surface area contributed by atoms with Crippen LogP contribution in [-0.4, -0.2) is 27.1 Å². The number of aromatic nitrogens is 2. The lowest BCUT2D eigenvalue weighted by molar-refractivity contribution is 0.308. The lowest BCUT2D eigenvalue weighted by Gasteiger charge is -2.13. The standard InChI is InChI=1S/C23H21FN2O.H2O4S/c1-16-17(2)26(14-18-6-4-3-5-7-18)23-21(12-13-25-22(16)23)27-15-19-8-10-20(24)11-9-19;1-5(2,3)4/h3-13H,14-15H2,1-2H3;(H2,1,2,3,4). The fraction of sp³-hybridized carbons (Fsp3) is 0.174. The second-order valence-corrected chi connectivity index (χ2v) is 8.05. The van der Waals surface area contributed by atoms with Gasteiger partial charge < -0.3 is 9.30 Å². The van der Waals surface area contributed by atoms with Crippen molar-refractivity contribution in [3.8, 4) is 5.75 Å². The van der Waals surface area contributed by atoms with Crippen molar-refractivity contribution in [2.45, 2.75) is 27.0 Å². The third-order valence-electron chi connectivity index (χ3n) is 4.95. The third kappa shape index (κ3) is 6.13.